The lowest BCUT2D eigenvalue weighted by Gasteiger charge is -2.13. The topological polar surface area (TPSA) is 38.3 Å². The molecule has 0 saturated heterocycles. The lowest BCUT2D eigenvalue weighted by Crippen LogP contribution is -2.14. The molecule has 0 bridgehead atoms. The maximum absolute atomic E-state index is 12.5. The lowest BCUT2D eigenvalue weighted by molar-refractivity contribution is 0.102. The highest BCUT2D eigenvalue weighted by Gasteiger charge is 2.14. The molecule has 0 aromatic heterocycles. The van der Waals surface area contributed by atoms with Crippen LogP contribution in [0.5, 0.6) is 5.75 Å². The molecule has 2 aromatic rings. The highest BCUT2D eigenvalue weighted by Crippen LogP contribution is 2.27. The molecule has 0 heterocycles. The van der Waals surface area contributed by atoms with Crippen molar-refractivity contribution >= 4 is 34.8 Å². The summed E-state index contributed by atoms with van der Waals surface area (Å²) in [5.74, 6) is 0.819. The molecule has 122 valence electrons. The first kappa shape index (κ1) is 17.6. The smallest absolute Gasteiger partial charge is 0.259 e. The van der Waals surface area contributed by atoms with Crippen molar-refractivity contribution < 1.29 is 9.53 Å². The molecule has 0 unspecified atom stereocenters. The van der Waals surface area contributed by atoms with E-state index in [1.54, 1.807) is 36.4 Å². The van der Waals surface area contributed by atoms with Crippen LogP contribution >= 0.6 is 23.2 Å². The fraction of sp³-hybridized carbons (Fsp3) is 0.278. The van der Waals surface area contributed by atoms with E-state index in [0.717, 1.165) is 6.42 Å². The number of halogens is 2. The van der Waals surface area contributed by atoms with E-state index < -0.39 is 0 Å². The molecule has 0 aliphatic rings. The Balaban J connectivity index is 2.14. The Bertz CT molecular complexity index is 686. The third-order valence-electron chi connectivity index (χ3n) is 3.26. The van der Waals surface area contributed by atoms with E-state index in [2.05, 4.69) is 19.2 Å². The van der Waals surface area contributed by atoms with E-state index in [4.69, 9.17) is 27.9 Å². The van der Waals surface area contributed by atoms with Crippen molar-refractivity contribution in [3.8, 4) is 5.75 Å². The summed E-state index contributed by atoms with van der Waals surface area (Å²) in [6.45, 7) is 4.83. The number of ether oxygens (including phenoxy) is 1. The minimum Gasteiger partial charge on any atom is -0.493 e. The van der Waals surface area contributed by atoms with Crippen molar-refractivity contribution in [1.29, 1.82) is 0 Å². The summed E-state index contributed by atoms with van der Waals surface area (Å²) < 4.78 is 5.74. The average Bonchev–Trinajstić information content (AvgIpc) is 2.51. The van der Waals surface area contributed by atoms with Crippen LogP contribution in [0.15, 0.2) is 42.5 Å². The fourth-order valence-electron chi connectivity index (χ4n) is 1.97. The number of anilines is 1. The van der Waals surface area contributed by atoms with Crippen LogP contribution in [0.2, 0.25) is 10.0 Å². The first-order chi connectivity index (χ1) is 11.0. The van der Waals surface area contributed by atoms with Crippen LogP contribution in [-0.4, -0.2) is 12.5 Å². The van der Waals surface area contributed by atoms with Crippen LogP contribution in [0.4, 0.5) is 5.69 Å². The van der Waals surface area contributed by atoms with Gasteiger partial charge >= 0.3 is 0 Å². The maximum atomic E-state index is 12.5. The number of para-hydroxylation sites is 1. The summed E-state index contributed by atoms with van der Waals surface area (Å²) >= 11 is 12.0. The first-order valence-corrected chi connectivity index (χ1v) is 8.21. The summed E-state index contributed by atoms with van der Waals surface area (Å²) in [5.41, 5.74) is 0.938. The fourth-order valence-corrected chi connectivity index (χ4v) is 2.30. The zero-order valence-electron chi connectivity index (χ0n) is 13.1. The van der Waals surface area contributed by atoms with Gasteiger partial charge in [-0.1, -0.05) is 49.2 Å². The molecule has 1 N–H and O–H groups in total. The molecule has 0 radical (unpaired) electrons. The molecular formula is C18H19Cl2NO2. The summed E-state index contributed by atoms with van der Waals surface area (Å²) in [6.07, 6.45) is 0.927. The zero-order valence-corrected chi connectivity index (χ0v) is 14.6. The van der Waals surface area contributed by atoms with Crippen molar-refractivity contribution in [2.75, 3.05) is 11.9 Å². The summed E-state index contributed by atoms with van der Waals surface area (Å²) in [5, 5.41) is 3.71. The molecule has 0 aliphatic heterocycles. The second-order valence-electron chi connectivity index (χ2n) is 5.61. The summed E-state index contributed by atoms with van der Waals surface area (Å²) in [4.78, 5) is 12.5. The minimum atomic E-state index is -0.283. The zero-order chi connectivity index (χ0) is 16.8. The number of hydrogen-bond donors (Lipinski definition) is 1. The predicted octanol–water partition coefficient (Wildman–Crippen LogP) is 5.67. The van der Waals surface area contributed by atoms with Gasteiger partial charge in [0.25, 0.3) is 5.91 Å². The SMILES string of the molecule is CC(C)CCOc1ccccc1C(=O)Nc1cc(Cl)ccc1Cl. The Morgan fingerprint density at radius 2 is 1.91 bits per heavy atom. The van der Waals surface area contributed by atoms with Gasteiger partial charge in [-0.25, -0.2) is 0 Å². The van der Waals surface area contributed by atoms with Crippen molar-refractivity contribution in [2.24, 2.45) is 5.92 Å². The largest absolute Gasteiger partial charge is 0.493 e. The predicted molar refractivity (Wildman–Crippen MR) is 95.8 cm³/mol. The number of nitrogens with one attached hydrogen (secondary N) is 1. The molecule has 0 aliphatic carbocycles. The number of benzene rings is 2. The number of carbonyl (C=O) groups is 1. The van der Waals surface area contributed by atoms with Crippen LogP contribution in [0.3, 0.4) is 0 Å². The third-order valence-corrected chi connectivity index (χ3v) is 3.83. The molecule has 3 nitrogen and oxygen atoms in total. The Morgan fingerprint density at radius 1 is 1.17 bits per heavy atom. The Kier molecular flexibility index (Phi) is 6.31. The van der Waals surface area contributed by atoms with Crippen LogP contribution in [0.1, 0.15) is 30.6 Å². The molecule has 2 aromatic carbocycles. The Labute approximate surface area is 146 Å². The van der Waals surface area contributed by atoms with Gasteiger partial charge in [0, 0.05) is 5.02 Å². The Hall–Kier alpha value is -1.71. The first-order valence-electron chi connectivity index (χ1n) is 7.45. The normalized spacial score (nSPS) is 10.7. The second-order valence-corrected chi connectivity index (χ2v) is 6.45. The number of amides is 1. The van der Waals surface area contributed by atoms with Gasteiger partial charge in [-0.2, -0.15) is 0 Å². The van der Waals surface area contributed by atoms with E-state index in [9.17, 15) is 4.79 Å². The molecule has 0 saturated carbocycles. The average molecular weight is 352 g/mol. The van der Waals surface area contributed by atoms with Gasteiger partial charge < -0.3 is 10.1 Å². The molecule has 23 heavy (non-hydrogen) atoms. The monoisotopic (exact) mass is 351 g/mol. The van der Waals surface area contributed by atoms with E-state index >= 15 is 0 Å². The highest BCUT2D eigenvalue weighted by atomic mass is 35.5. The van der Waals surface area contributed by atoms with E-state index in [0.29, 0.717) is 39.6 Å². The number of hydrogen-bond acceptors (Lipinski definition) is 2. The molecule has 0 atom stereocenters. The molecule has 2 rings (SSSR count). The Morgan fingerprint density at radius 3 is 2.65 bits per heavy atom. The lowest BCUT2D eigenvalue weighted by atomic mass is 10.1. The third kappa shape index (κ3) is 5.15. The second kappa shape index (κ2) is 8.23. The van der Waals surface area contributed by atoms with Crippen LogP contribution < -0.4 is 10.1 Å². The quantitative estimate of drug-likeness (QED) is 0.727. The van der Waals surface area contributed by atoms with Crippen LogP contribution in [0.25, 0.3) is 0 Å². The van der Waals surface area contributed by atoms with Crippen molar-refractivity contribution in [1.82, 2.24) is 0 Å². The van der Waals surface area contributed by atoms with Crippen molar-refractivity contribution in [3.05, 3.63) is 58.1 Å². The summed E-state index contributed by atoms with van der Waals surface area (Å²) in [6, 6.07) is 12.1. The standard InChI is InChI=1S/C18H19Cl2NO2/c1-12(2)9-10-23-17-6-4-3-5-14(17)18(22)21-16-11-13(19)7-8-15(16)20/h3-8,11-12H,9-10H2,1-2H3,(H,21,22). The van der Waals surface area contributed by atoms with Crippen LogP contribution in [0, 0.1) is 5.92 Å². The van der Waals surface area contributed by atoms with Gasteiger partial charge in [-0.05, 0) is 42.7 Å². The van der Waals surface area contributed by atoms with Gasteiger partial charge in [0.1, 0.15) is 5.75 Å². The van der Waals surface area contributed by atoms with Gasteiger partial charge in [0.2, 0.25) is 0 Å². The summed E-state index contributed by atoms with van der Waals surface area (Å²) in [7, 11) is 0. The van der Waals surface area contributed by atoms with E-state index in [-0.39, 0.29) is 5.91 Å². The van der Waals surface area contributed by atoms with Gasteiger partial charge in [0.05, 0.1) is 22.9 Å². The van der Waals surface area contributed by atoms with Gasteiger partial charge in [0.15, 0.2) is 0 Å². The maximum Gasteiger partial charge on any atom is 0.259 e. The van der Waals surface area contributed by atoms with Crippen molar-refractivity contribution in [3.63, 3.8) is 0 Å². The van der Waals surface area contributed by atoms with Crippen LogP contribution in [-0.2, 0) is 0 Å². The van der Waals surface area contributed by atoms with E-state index in [1.165, 1.54) is 0 Å². The molecule has 0 fully saturated rings. The highest BCUT2D eigenvalue weighted by molar-refractivity contribution is 6.35. The molecule has 5 heteroatoms. The van der Waals surface area contributed by atoms with Crippen molar-refractivity contribution in [2.45, 2.75) is 20.3 Å². The van der Waals surface area contributed by atoms with E-state index in [1.807, 2.05) is 6.07 Å². The van der Waals surface area contributed by atoms with Gasteiger partial charge in [-0.15, -0.1) is 0 Å². The minimum absolute atomic E-state index is 0.283. The van der Waals surface area contributed by atoms with Gasteiger partial charge in [-0.3, -0.25) is 4.79 Å². The number of carbonyl (C=O) groups excluding carboxylic acids is 1. The molecular weight excluding hydrogens is 333 g/mol. The molecule has 1 amide bonds. The number of rotatable bonds is 6. The molecule has 0 spiro atoms.